The van der Waals surface area contributed by atoms with E-state index in [1.54, 1.807) is 4.57 Å². The number of allylic oxidation sites excluding steroid dienone is 2. The lowest BCUT2D eigenvalue weighted by Crippen LogP contribution is -2.50. The van der Waals surface area contributed by atoms with Crippen molar-refractivity contribution in [2.75, 3.05) is 37.7 Å². The fourth-order valence-corrected chi connectivity index (χ4v) is 4.75. The van der Waals surface area contributed by atoms with Crippen molar-refractivity contribution in [3.05, 3.63) is 54.0 Å². The Hall–Kier alpha value is -2.38. The van der Waals surface area contributed by atoms with E-state index in [-0.39, 0.29) is 17.8 Å². The minimum Gasteiger partial charge on any atom is -0.375 e. The maximum atomic E-state index is 13.9. The molecule has 0 aliphatic carbocycles. The Morgan fingerprint density at radius 1 is 1.35 bits per heavy atom. The highest BCUT2D eigenvalue weighted by atomic mass is 19.1. The largest absolute Gasteiger partial charge is 0.375 e. The molecule has 0 spiro atoms. The van der Waals surface area contributed by atoms with E-state index >= 15 is 0 Å². The normalized spacial score (nSPS) is 23.0. The minimum atomic E-state index is -0.924. The molecule has 3 heterocycles. The molecule has 0 radical (unpaired) electrons. The Labute approximate surface area is 183 Å². The van der Waals surface area contributed by atoms with Crippen LogP contribution in [0, 0.1) is 5.92 Å². The number of fused-ring (bicyclic) bond motifs is 1. The van der Waals surface area contributed by atoms with Crippen LogP contribution in [0.1, 0.15) is 25.3 Å². The monoisotopic (exact) mass is 428 g/mol. The second kappa shape index (κ2) is 9.40. The van der Waals surface area contributed by atoms with Crippen molar-refractivity contribution >= 4 is 16.7 Å². The highest BCUT2D eigenvalue weighted by Gasteiger charge is 2.32. The molecule has 4 rings (SSSR count). The van der Waals surface area contributed by atoms with Crippen molar-refractivity contribution in [2.45, 2.75) is 37.6 Å². The Balaban J connectivity index is 1.49. The number of hydrogen-bond donors (Lipinski definition) is 1. The highest BCUT2D eigenvalue weighted by Crippen LogP contribution is 2.33. The number of nitrogens with zero attached hydrogens (tertiary/aromatic N) is 3. The molecular weight excluding hydrogens is 395 g/mol. The first kappa shape index (κ1) is 21.8. The van der Waals surface area contributed by atoms with Crippen LogP contribution < -0.4 is 15.9 Å². The van der Waals surface area contributed by atoms with Gasteiger partial charge in [0.2, 0.25) is 0 Å². The number of aromatic nitrogens is 2. The number of piperidine rings is 1. The minimum absolute atomic E-state index is 0.0308. The average Bonchev–Trinajstić information content (AvgIpc) is 3.00. The van der Waals surface area contributed by atoms with Gasteiger partial charge in [-0.2, -0.15) is 0 Å². The maximum absolute atomic E-state index is 13.9. The molecule has 1 aromatic heterocycles. The summed E-state index contributed by atoms with van der Waals surface area (Å²) in [7, 11) is 1.83. The third kappa shape index (κ3) is 4.21. The number of para-hydroxylation sites is 1. The molecule has 31 heavy (non-hydrogen) atoms. The fraction of sp³-hybridized carbons (Fsp3) is 0.542. The van der Waals surface area contributed by atoms with E-state index in [4.69, 9.17) is 4.74 Å². The van der Waals surface area contributed by atoms with E-state index in [1.165, 1.54) is 0 Å². The van der Waals surface area contributed by atoms with Gasteiger partial charge in [-0.25, -0.2) is 9.18 Å². The van der Waals surface area contributed by atoms with Crippen molar-refractivity contribution in [2.24, 2.45) is 13.0 Å². The molecule has 6 nitrogen and oxygen atoms in total. The first-order chi connectivity index (χ1) is 15.0. The lowest BCUT2D eigenvalue weighted by Gasteiger charge is -2.42. The number of nitrogens with one attached hydrogen (secondary N) is 1. The number of anilines is 1. The van der Waals surface area contributed by atoms with Crippen LogP contribution in [0.5, 0.6) is 0 Å². The van der Waals surface area contributed by atoms with Crippen LogP contribution in [0.3, 0.4) is 0 Å². The van der Waals surface area contributed by atoms with Gasteiger partial charge in [0, 0.05) is 32.6 Å². The van der Waals surface area contributed by atoms with Gasteiger partial charge >= 0.3 is 5.69 Å². The highest BCUT2D eigenvalue weighted by molar-refractivity contribution is 5.90. The Bertz CT molecular complexity index is 991. The summed E-state index contributed by atoms with van der Waals surface area (Å²) >= 11 is 0. The molecule has 2 aromatic rings. The number of aryl methyl sites for hydroxylation is 1. The first-order valence-corrected chi connectivity index (χ1v) is 11.2. The molecule has 168 valence electrons. The van der Waals surface area contributed by atoms with Gasteiger partial charge < -0.3 is 15.0 Å². The van der Waals surface area contributed by atoms with Crippen LogP contribution in [-0.2, 0) is 11.8 Å². The first-order valence-electron chi connectivity index (χ1n) is 11.2. The quantitative estimate of drug-likeness (QED) is 0.624. The van der Waals surface area contributed by atoms with Gasteiger partial charge in [-0.05, 0) is 37.9 Å². The number of alkyl halides is 1. The molecule has 3 unspecified atom stereocenters. The SMILES string of the molecule is C=CCCC(C=C)n1c(=O)n(C)c2c(N3CC(COC4CCNCC4F)C3)cccc21. The standard InChI is InChI=1S/C24H33FN4O2/c1-4-6-8-18(5-2)29-21-10-7-9-20(23(21)27(3)24(29)30)28-14-17(15-28)16-31-22-11-12-26-13-19(22)25/h4-5,7,9-10,17-19,22,26H,1-2,6,8,11-16H2,3H3. The summed E-state index contributed by atoms with van der Waals surface area (Å²) in [5.41, 5.74) is 2.90. The number of ether oxygens (including phenoxy) is 1. The van der Waals surface area contributed by atoms with Crippen LogP contribution in [0.15, 0.2) is 48.3 Å². The molecule has 0 amide bonds. The van der Waals surface area contributed by atoms with Crippen molar-refractivity contribution in [1.82, 2.24) is 14.5 Å². The molecule has 7 heteroatoms. The summed E-state index contributed by atoms with van der Waals surface area (Å²) in [6.45, 7) is 11.2. The van der Waals surface area contributed by atoms with Gasteiger partial charge in [0.25, 0.3) is 0 Å². The number of hydrogen-bond acceptors (Lipinski definition) is 4. The smallest absolute Gasteiger partial charge is 0.329 e. The molecular formula is C24H33FN4O2. The molecule has 2 aliphatic rings. The van der Waals surface area contributed by atoms with E-state index in [0.29, 0.717) is 19.1 Å². The molecule has 2 saturated heterocycles. The number of rotatable bonds is 9. The second-order valence-corrected chi connectivity index (χ2v) is 8.68. The fourth-order valence-electron chi connectivity index (χ4n) is 4.75. The van der Waals surface area contributed by atoms with Gasteiger partial charge in [-0.3, -0.25) is 9.13 Å². The third-order valence-corrected chi connectivity index (χ3v) is 6.54. The lowest BCUT2D eigenvalue weighted by molar-refractivity contribution is -0.0360. The van der Waals surface area contributed by atoms with Crippen LogP contribution in [0.25, 0.3) is 11.0 Å². The van der Waals surface area contributed by atoms with Crippen molar-refractivity contribution < 1.29 is 9.13 Å². The van der Waals surface area contributed by atoms with Gasteiger partial charge in [0.1, 0.15) is 6.17 Å². The van der Waals surface area contributed by atoms with E-state index in [1.807, 2.05) is 35.9 Å². The summed E-state index contributed by atoms with van der Waals surface area (Å²) in [4.78, 5) is 15.4. The van der Waals surface area contributed by atoms with E-state index in [9.17, 15) is 9.18 Å². The molecule has 2 fully saturated rings. The molecule has 1 N–H and O–H groups in total. The zero-order valence-electron chi connectivity index (χ0n) is 18.3. The second-order valence-electron chi connectivity index (χ2n) is 8.68. The van der Waals surface area contributed by atoms with Crippen LogP contribution in [-0.4, -0.2) is 54.2 Å². The molecule has 2 aliphatic heterocycles. The lowest BCUT2D eigenvalue weighted by atomic mass is 9.99. The van der Waals surface area contributed by atoms with Crippen LogP contribution >= 0.6 is 0 Å². The van der Waals surface area contributed by atoms with Crippen molar-refractivity contribution in [3.8, 4) is 0 Å². The molecule has 0 bridgehead atoms. The predicted molar refractivity (Wildman–Crippen MR) is 124 cm³/mol. The van der Waals surface area contributed by atoms with Gasteiger partial charge in [-0.15, -0.1) is 13.2 Å². The summed E-state index contributed by atoms with van der Waals surface area (Å²) in [6.07, 6.45) is 4.84. The summed E-state index contributed by atoms with van der Waals surface area (Å²) in [5, 5.41) is 3.06. The van der Waals surface area contributed by atoms with Crippen molar-refractivity contribution in [3.63, 3.8) is 0 Å². The van der Waals surface area contributed by atoms with Gasteiger partial charge in [0.15, 0.2) is 0 Å². The zero-order chi connectivity index (χ0) is 22.0. The topological polar surface area (TPSA) is 51.4 Å². The summed E-state index contributed by atoms with van der Waals surface area (Å²) < 4.78 is 23.4. The van der Waals surface area contributed by atoms with Crippen LogP contribution in [0.2, 0.25) is 0 Å². The Morgan fingerprint density at radius 3 is 2.87 bits per heavy atom. The maximum Gasteiger partial charge on any atom is 0.329 e. The van der Waals surface area contributed by atoms with Gasteiger partial charge in [-0.1, -0.05) is 18.2 Å². The van der Waals surface area contributed by atoms with Crippen molar-refractivity contribution in [1.29, 1.82) is 0 Å². The zero-order valence-corrected chi connectivity index (χ0v) is 18.3. The van der Waals surface area contributed by atoms with E-state index in [0.717, 1.165) is 55.6 Å². The third-order valence-electron chi connectivity index (χ3n) is 6.54. The van der Waals surface area contributed by atoms with E-state index in [2.05, 4.69) is 29.4 Å². The Kier molecular flexibility index (Phi) is 6.62. The summed E-state index contributed by atoms with van der Waals surface area (Å²) in [6, 6.07) is 6.01. The molecule has 0 saturated carbocycles. The Morgan fingerprint density at radius 2 is 2.16 bits per heavy atom. The number of imidazole rings is 1. The number of halogens is 1. The summed E-state index contributed by atoms with van der Waals surface area (Å²) in [5.74, 6) is 0.380. The van der Waals surface area contributed by atoms with E-state index < -0.39 is 6.17 Å². The molecule has 1 aromatic carbocycles. The average molecular weight is 429 g/mol. The predicted octanol–water partition coefficient (Wildman–Crippen LogP) is 3.19. The van der Waals surface area contributed by atoms with Crippen LogP contribution in [0.4, 0.5) is 10.1 Å². The molecule has 3 atom stereocenters. The number of benzene rings is 1. The van der Waals surface area contributed by atoms with Gasteiger partial charge in [0.05, 0.1) is 35.5 Å².